The molecule has 0 amide bonds. The van der Waals surface area contributed by atoms with Crippen molar-refractivity contribution in [2.45, 2.75) is 17.3 Å². The van der Waals surface area contributed by atoms with Gasteiger partial charge in [-0.2, -0.15) is 13.2 Å². The van der Waals surface area contributed by atoms with Crippen molar-refractivity contribution in [1.82, 2.24) is 9.97 Å². The van der Waals surface area contributed by atoms with Crippen molar-refractivity contribution in [3.8, 4) is 0 Å². The molecule has 1 saturated heterocycles. The van der Waals surface area contributed by atoms with E-state index in [2.05, 4.69) is 20.9 Å². The molecule has 3 aromatic rings. The van der Waals surface area contributed by atoms with Crippen LogP contribution in [0.2, 0.25) is 0 Å². The summed E-state index contributed by atoms with van der Waals surface area (Å²) in [6, 6.07) is 6.92. The molecule has 4 rings (SSSR count). The van der Waals surface area contributed by atoms with Gasteiger partial charge in [0.15, 0.2) is 0 Å². The number of piperazine rings is 1. The van der Waals surface area contributed by atoms with Crippen LogP contribution in [0.3, 0.4) is 0 Å². The Morgan fingerprint density at radius 1 is 1.00 bits per heavy atom. The molecule has 0 saturated carbocycles. The first-order valence-corrected chi connectivity index (χ1v) is 11.1. The van der Waals surface area contributed by atoms with E-state index in [1.54, 1.807) is 17.7 Å². The van der Waals surface area contributed by atoms with Gasteiger partial charge in [-0.1, -0.05) is 0 Å². The third-order valence-corrected chi connectivity index (χ3v) is 7.29. The second-order valence-corrected chi connectivity index (χ2v) is 9.87. The maximum Gasteiger partial charge on any atom is 0.501 e. The average molecular weight is 442 g/mol. The fourth-order valence-electron chi connectivity index (χ4n) is 3.36. The summed E-state index contributed by atoms with van der Waals surface area (Å²) in [5, 5.41) is 1.02. The lowest BCUT2D eigenvalue weighted by atomic mass is 10.2. The molecule has 2 aromatic heterocycles. The van der Waals surface area contributed by atoms with E-state index in [-0.39, 0.29) is 0 Å². The number of anilines is 2. The Kier molecular flexibility index (Phi) is 4.89. The summed E-state index contributed by atoms with van der Waals surface area (Å²) in [6.45, 7) is 4.67. The molecule has 29 heavy (non-hydrogen) atoms. The standard InChI is InChI=1S/C18H17F3N4O2S2/c1-12-10-15-16(22-11-23-17(15)28-12)25-8-6-24(7-9-25)13-2-4-14(5-3-13)29(26,27)18(19,20)21/h2-5,10-11H,6-9H2,1H3. The molecule has 11 heteroatoms. The Balaban J connectivity index is 1.49. The molecule has 3 heterocycles. The van der Waals surface area contributed by atoms with Gasteiger partial charge in [0.05, 0.1) is 10.3 Å². The van der Waals surface area contributed by atoms with Crippen molar-refractivity contribution in [2.24, 2.45) is 0 Å². The Morgan fingerprint density at radius 2 is 1.62 bits per heavy atom. The average Bonchev–Trinajstić information content (AvgIpc) is 3.07. The van der Waals surface area contributed by atoms with Crippen LogP contribution in [0.5, 0.6) is 0 Å². The van der Waals surface area contributed by atoms with Crippen molar-refractivity contribution in [3.63, 3.8) is 0 Å². The minimum absolute atomic E-state index is 0.639. The molecule has 6 nitrogen and oxygen atoms in total. The van der Waals surface area contributed by atoms with Crippen LogP contribution in [0.25, 0.3) is 10.2 Å². The van der Waals surface area contributed by atoms with E-state index in [0.717, 1.165) is 33.0 Å². The minimum Gasteiger partial charge on any atom is -0.368 e. The number of aromatic nitrogens is 2. The number of hydrogen-bond donors (Lipinski definition) is 0. The van der Waals surface area contributed by atoms with Gasteiger partial charge in [-0.25, -0.2) is 18.4 Å². The van der Waals surface area contributed by atoms with E-state index in [1.807, 2.05) is 11.8 Å². The van der Waals surface area contributed by atoms with E-state index in [4.69, 9.17) is 0 Å². The lowest BCUT2D eigenvalue weighted by molar-refractivity contribution is -0.0436. The van der Waals surface area contributed by atoms with Gasteiger partial charge in [0.25, 0.3) is 9.84 Å². The number of hydrogen-bond acceptors (Lipinski definition) is 7. The molecule has 0 unspecified atom stereocenters. The number of fused-ring (bicyclic) bond motifs is 1. The number of aryl methyl sites for hydroxylation is 1. The topological polar surface area (TPSA) is 66.4 Å². The highest BCUT2D eigenvalue weighted by molar-refractivity contribution is 7.92. The molecule has 1 aliphatic heterocycles. The molecule has 0 radical (unpaired) electrons. The number of benzene rings is 1. The molecule has 0 atom stereocenters. The Hall–Kier alpha value is -2.40. The van der Waals surface area contributed by atoms with Crippen molar-refractivity contribution in [2.75, 3.05) is 36.0 Å². The third kappa shape index (κ3) is 3.64. The molecule has 0 spiro atoms. The Morgan fingerprint density at radius 3 is 2.24 bits per heavy atom. The van der Waals surface area contributed by atoms with Crippen LogP contribution in [0, 0.1) is 6.92 Å². The van der Waals surface area contributed by atoms with Crippen LogP contribution in [0.15, 0.2) is 41.6 Å². The first kappa shape index (κ1) is 19.9. The monoisotopic (exact) mass is 442 g/mol. The summed E-state index contributed by atoms with van der Waals surface area (Å²) in [5.74, 6) is 0.880. The zero-order chi connectivity index (χ0) is 20.8. The van der Waals surface area contributed by atoms with E-state index in [0.29, 0.717) is 31.9 Å². The predicted molar refractivity (Wildman–Crippen MR) is 106 cm³/mol. The van der Waals surface area contributed by atoms with Gasteiger partial charge in [-0.3, -0.25) is 0 Å². The summed E-state index contributed by atoms with van der Waals surface area (Å²) >= 11 is 1.62. The van der Waals surface area contributed by atoms with Crippen LogP contribution in [0.1, 0.15) is 4.88 Å². The highest BCUT2D eigenvalue weighted by Crippen LogP contribution is 2.32. The summed E-state index contributed by atoms with van der Waals surface area (Å²) in [4.78, 5) is 14.3. The van der Waals surface area contributed by atoms with E-state index in [9.17, 15) is 21.6 Å². The first-order valence-electron chi connectivity index (χ1n) is 8.79. The molecule has 0 bridgehead atoms. The number of halogens is 3. The van der Waals surface area contributed by atoms with Crippen molar-refractivity contribution >= 4 is 42.9 Å². The first-order chi connectivity index (χ1) is 13.7. The maximum absolute atomic E-state index is 12.7. The largest absolute Gasteiger partial charge is 0.501 e. The van der Waals surface area contributed by atoms with Crippen LogP contribution in [-0.2, 0) is 9.84 Å². The van der Waals surface area contributed by atoms with Gasteiger partial charge < -0.3 is 9.80 Å². The predicted octanol–water partition coefficient (Wildman–Crippen LogP) is 3.62. The van der Waals surface area contributed by atoms with E-state index < -0.39 is 20.2 Å². The zero-order valence-electron chi connectivity index (χ0n) is 15.3. The van der Waals surface area contributed by atoms with Gasteiger partial charge in [0.2, 0.25) is 0 Å². The van der Waals surface area contributed by atoms with E-state index in [1.165, 1.54) is 12.1 Å². The van der Waals surface area contributed by atoms with Gasteiger partial charge in [-0.15, -0.1) is 11.3 Å². The van der Waals surface area contributed by atoms with Crippen LogP contribution >= 0.6 is 11.3 Å². The van der Waals surface area contributed by atoms with Crippen LogP contribution < -0.4 is 9.80 Å². The second kappa shape index (κ2) is 7.13. The van der Waals surface area contributed by atoms with Crippen LogP contribution in [-0.4, -0.2) is 50.1 Å². The lowest BCUT2D eigenvalue weighted by Gasteiger charge is -2.37. The minimum atomic E-state index is -5.33. The normalized spacial score (nSPS) is 15.9. The number of rotatable bonds is 3. The summed E-state index contributed by atoms with van der Waals surface area (Å²) in [7, 11) is -5.33. The molecular weight excluding hydrogens is 425 g/mol. The molecule has 1 aromatic carbocycles. The van der Waals surface area contributed by atoms with Crippen molar-refractivity contribution < 1.29 is 21.6 Å². The quantitative estimate of drug-likeness (QED) is 0.617. The molecule has 1 fully saturated rings. The molecule has 0 N–H and O–H groups in total. The zero-order valence-corrected chi connectivity index (χ0v) is 17.0. The molecule has 1 aliphatic rings. The van der Waals surface area contributed by atoms with Gasteiger partial charge in [0, 0.05) is 36.7 Å². The third-order valence-electron chi connectivity index (χ3n) is 4.83. The summed E-state index contributed by atoms with van der Waals surface area (Å²) < 4.78 is 61.0. The van der Waals surface area contributed by atoms with Crippen molar-refractivity contribution in [3.05, 3.63) is 41.5 Å². The maximum atomic E-state index is 12.7. The second-order valence-electron chi connectivity index (χ2n) is 6.69. The number of sulfone groups is 1. The number of nitrogens with zero attached hydrogens (tertiary/aromatic N) is 4. The molecule has 154 valence electrons. The Labute approximate surface area is 169 Å². The van der Waals surface area contributed by atoms with Crippen molar-refractivity contribution in [1.29, 1.82) is 0 Å². The van der Waals surface area contributed by atoms with Gasteiger partial charge >= 0.3 is 5.51 Å². The van der Waals surface area contributed by atoms with Crippen LogP contribution in [0.4, 0.5) is 24.7 Å². The highest BCUT2D eigenvalue weighted by Gasteiger charge is 2.46. The molecular formula is C18H17F3N4O2S2. The molecule has 0 aliphatic carbocycles. The summed E-state index contributed by atoms with van der Waals surface area (Å²) in [5.41, 5.74) is -4.62. The number of alkyl halides is 3. The highest BCUT2D eigenvalue weighted by atomic mass is 32.2. The Bertz CT molecular complexity index is 1140. The SMILES string of the molecule is Cc1cc2c(N3CCN(c4ccc(S(=O)(=O)C(F)(F)F)cc4)CC3)ncnc2s1. The van der Waals surface area contributed by atoms with E-state index >= 15 is 0 Å². The fourth-order valence-corrected chi connectivity index (χ4v) is 4.97. The smallest absolute Gasteiger partial charge is 0.368 e. The fraction of sp³-hybridized carbons (Fsp3) is 0.333. The van der Waals surface area contributed by atoms with Gasteiger partial charge in [0.1, 0.15) is 17.0 Å². The van der Waals surface area contributed by atoms with Gasteiger partial charge in [-0.05, 0) is 37.3 Å². The summed E-state index contributed by atoms with van der Waals surface area (Å²) in [6.07, 6.45) is 1.56. The number of thiophene rings is 1. The lowest BCUT2D eigenvalue weighted by Crippen LogP contribution is -2.46.